The Bertz CT molecular complexity index is 439. The van der Waals surface area contributed by atoms with E-state index in [4.69, 9.17) is 6.42 Å². The van der Waals surface area contributed by atoms with Gasteiger partial charge in [-0.05, 0) is 48.4 Å². The Morgan fingerprint density at radius 1 is 1.38 bits per heavy atom. The van der Waals surface area contributed by atoms with Crippen LogP contribution in [-0.4, -0.2) is 6.54 Å². The van der Waals surface area contributed by atoms with E-state index in [1.54, 1.807) is 0 Å². The summed E-state index contributed by atoms with van der Waals surface area (Å²) in [4.78, 5) is 0. The first-order valence-corrected chi connectivity index (χ1v) is 5.90. The molecule has 0 radical (unpaired) electrons. The highest BCUT2D eigenvalue weighted by atomic mass is 14.9. The topological polar surface area (TPSA) is 12.0 Å². The van der Waals surface area contributed by atoms with E-state index in [-0.39, 0.29) is 0 Å². The first-order chi connectivity index (χ1) is 7.63. The summed E-state index contributed by atoms with van der Waals surface area (Å²) in [6.07, 6.45) is 6.48. The summed E-state index contributed by atoms with van der Waals surface area (Å²) >= 11 is 0. The zero-order chi connectivity index (χ0) is 11.7. The van der Waals surface area contributed by atoms with Crippen LogP contribution in [0.3, 0.4) is 0 Å². The van der Waals surface area contributed by atoms with Crippen LogP contribution in [0.15, 0.2) is 12.1 Å². The van der Waals surface area contributed by atoms with Crippen molar-refractivity contribution in [3.05, 3.63) is 34.4 Å². The molecule has 0 aliphatic heterocycles. The van der Waals surface area contributed by atoms with E-state index in [2.05, 4.69) is 44.1 Å². The molecular formula is C15H19N. The number of hydrogen-bond acceptors (Lipinski definition) is 1. The molecule has 2 rings (SSSR count). The lowest BCUT2D eigenvalue weighted by molar-refractivity contribution is 0.435. The maximum atomic E-state index is 5.31. The minimum absolute atomic E-state index is 0.436. The summed E-state index contributed by atoms with van der Waals surface area (Å²) in [5.74, 6) is 3.30. The van der Waals surface area contributed by atoms with Gasteiger partial charge in [-0.3, -0.25) is 5.32 Å². The maximum absolute atomic E-state index is 5.31. The van der Waals surface area contributed by atoms with Crippen LogP contribution in [0.4, 0.5) is 0 Å². The van der Waals surface area contributed by atoms with E-state index >= 15 is 0 Å². The maximum Gasteiger partial charge on any atom is 0.0578 e. The molecule has 0 saturated heterocycles. The largest absolute Gasteiger partial charge is 0.299 e. The molecule has 2 atom stereocenters. The summed E-state index contributed by atoms with van der Waals surface area (Å²) in [7, 11) is 0. The Morgan fingerprint density at radius 2 is 2.06 bits per heavy atom. The second-order valence-corrected chi connectivity index (χ2v) is 4.88. The molecule has 16 heavy (non-hydrogen) atoms. The smallest absolute Gasteiger partial charge is 0.0578 e. The molecule has 0 bridgehead atoms. The van der Waals surface area contributed by atoms with Crippen LogP contribution in [0.2, 0.25) is 0 Å². The Kier molecular flexibility index (Phi) is 3.03. The van der Waals surface area contributed by atoms with Crippen molar-refractivity contribution in [1.82, 2.24) is 5.32 Å². The van der Waals surface area contributed by atoms with Gasteiger partial charge in [-0.25, -0.2) is 0 Å². The third-order valence-corrected chi connectivity index (χ3v) is 3.63. The predicted molar refractivity (Wildman–Crippen MR) is 68.4 cm³/mol. The molecule has 1 N–H and O–H groups in total. The number of terminal acetylenes is 1. The number of fused-ring (bicyclic) bond motifs is 1. The van der Waals surface area contributed by atoms with Gasteiger partial charge in [0.05, 0.1) is 6.54 Å². The number of benzene rings is 1. The summed E-state index contributed by atoms with van der Waals surface area (Å²) in [5, 5.41) is 3.45. The van der Waals surface area contributed by atoms with Crippen LogP contribution in [0.25, 0.3) is 0 Å². The van der Waals surface area contributed by atoms with Gasteiger partial charge in [0.1, 0.15) is 0 Å². The molecule has 0 amide bonds. The van der Waals surface area contributed by atoms with Gasteiger partial charge in [0.2, 0.25) is 0 Å². The highest BCUT2D eigenvalue weighted by Gasteiger charge is 2.28. The fraction of sp³-hybridized carbons (Fsp3) is 0.467. The Morgan fingerprint density at radius 3 is 2.75 bits per heavy atom. The molecule has 0 fully saturated rings. The van der Waals surface area contributed by atoms with Crippen molar-refractivity contribution in [1.29, 1.82) is 0 Å². The molecule has 0 aromatic heterocycles. The molecule has 0 heterocycles. The van der Waals surface area contributed by atoms with Crippen LogP contribution in [0.5, 0.6) is 0 Å². The lowest BCUT2D eigenvalue weighted by atomic mass is 9.99. The van der Waals surface area contributed by atoms with E-state index in [0.29, 0.717) is 18.5 Å². The summed E-state index contributed by atoms with van der Waals surface area (Å²) in [6.45, 7) is 7.31. The highest BCUT2D eigenvalue weighted by Crippen LogP contribution is 2.37. The Balaban J connectivity index is 2.33. The number of aryl methyl sites for hydroxylation is 2. The van der Waals surface area contributed by atoms with Crippen LogP contribution in [-0.2, 0) is 6.42 Å². The lowest BCUT2D eigenvalue weighted by Crippen LogP contribution is -2.24. The van der Waals surface area contributed by atoms with Crippen LogP contribution >= 0.6 is 0 Å². The van der Waals surface area contributed by atoms with Crippen molar-refractivity contribution in [2.24, 2.45) is 5.92 Å². The van der Waals surface area contributed by atoms with Crippen molar-refractivity contribution < 1.29 is 0 Å². The average molecular weight is 213 g/mol. The van der Waals surface area contributed by atoms with Crippen molar-refractivity contribution in [3.63, 3.8) is 0 Å². The van der Waals surface area contributed by atoms with Crippen molar-refractivity contribution in [2.75, 3.05) is 6.54 Å². The number of hydrogen-bond donors (Lipinski definition) is 1. The highest BCUT2D eigenvalue weighted by molar-refractivity contribution is 5.42. The normalized spacial score (nSPS) is 22.9. The first-order valence-electron chi connectivity index (χ1n) is 5.90. The molecule has 1 aromatic rings. The molecule has 1 nitrogen and oxygen atoms in total. The molecule has 0 spiro atoms. The zero-order valence-electron chi connectivity index (χ0n) is 10.3. The second kappa shape index (κ2) is 4.31. The molecule has 1 aliphatic carbocycles. The fourth-order valence-electron chi connectivity index (χ4n) is 2.62. The van der Waals surface area contributed by atoms with Gasteiger partial charge in [-0.2, -0.15) is 0 Å². The summed E-state index contributed by atoms with van der Waals surface area (Å²) in [5.41, 5.74) is 5.71. The quantitative estimate of drug-likeness (QED) is 0.745. The van der Waals surface area contributed by atoms with E-state index in [0.717, 1.165) is 0 Å². The predicted octanol–water partition coefficient (Wildman–Crippen LogP) is 2.76. The molecular weight excluding hydrogens is 194 g/mol. The first kappa shape index (κ1) is 11.2. The molecule has 1 unspecified atom stereocenters. The fourth-order valence-corrected chi connectivity index (χ4v) is 2.62. The standard InChI is InChI=1S/C15H19N/c1-5-6-16-15-12(4)8-13-7-10(2)11(3)9-14(13)15/h1,7,9,12,15-16H,6,8H2,2-4H3/t12?,15-/m1/s1. The van der Waals surface area contributed by atoms with Gasteiger partial charge in [-0.1, -0.05) is 25.0 Å². The minimum atomic E-state index is 0.436. The minimum Gasteiger partial charge on any atom is -0.299 e. The average Bonchev–Trinajstić information content (AvgIpc) is 2.52. The van der Waals surface area contributed by atoms with Crippen LogP contribution < -0.4 is 5.32 Å². The Labute approximate surface area is 98.3 Å². The number of rotatable bonds is 2. The zero-order valence-corrected chi connectivity index (χ0v) is 10.3. The lowest BCUT2D eigenvalue weighted by Gasteiger charge is -2.17. The number of nitrogens with one attached hydrogen (secondary N) is 1. The van der Waals surface area contributed by atoms with Gasteiger partial charge >= 0.3 is 0 Å². The van der Waals surface area contributed by atoms with E-state index < -0.39 is 0 Å². The van der Waals surface area contributed by atoms with E-state index in [9.17, 15) is 0 Å². The molecule has 84 valence electrons. The van der Waals surface area contributed by atoms with Crippen molar-refractivity contribution in [3.8, 4) is 12.3 Å². The molecule has 0 saturated carbocycles. The van der Waals surface area contributed by atoms with Crippen molar-refractivity contribution >= 4 is 0 Å². The Hall–Kier alpha value is -1.26. The molecule has 1 aromatic carbocycles. The van der Waals surface area contributed by atoms with Gasteiger partial charge in [0.25, 0.3) is 0 Å². The van der Waals surface area contributed by atoms with E-state index in [1.807, 2.05) is 0 Å². The van der Waals surface area contributed by atoms with E-state index in [1.165, 1.54) is 28.7 Å². The monoisotopic (exact) mass is 213 g/mol. The van der Waals surface area contributed by atoms with Crippen molar-refractivity contribution in [2.45, 2.75) is 33.2 Å². The summed E-state index contributed by atoms with van der Waals surface area (Å²) < 4.78 is 0. The SMILES string of the molecule is C#CCN[C@H]1c2cc(C)c(C)cc2CC1C. The van der Waals surface area contributed by atoms with Gasteiger partial charge < -0.3 is 0 Å². The van der Waals surface area contributed by atoms with Crippen LogP contribution in [0.1, 0.15) is 35.2 Å². The molecule has 1 heteroatoms. The third-order valence-electron chi connectivity index (χ3n) is 3.63. The van der Waals surface area contributed by atoms with Crippen LogP contribution in [0, 0.1) is 32.1 Å². The van der Waals surface area contributed by atoms with Gasteiger partial charge in [0.15, 0.2) is 0 Å². The summed E-state index contributed by atoms with van der Waals surface area (Å²) in [6, 6.07) is 5.09. The second-order valence-electron chi connectivity index (χ2n) is 4.88. The van der Waals surface area contributed by atoms with Gasteiger partial charge in [0, 0.05) is 6.04 Å². The molecule has 1 aliphatic rings. The third kappa shape index (κ3) is 1.86. The van der Waals surface area contributed by atoms with Gasteiger partial charge in [-0.15, -0.1) is 6.42 Å².